The van der Waals surface area contributed by atoms with Crippen LogP contribution in [0, 0.1) is 6.92 Å². The maximum Gasteiger partial charge on any atom is 0.417 e. The molecule has 0 radical (unpaired) electrons. The smallest absolute Gasteiger partial charge is 0.353 e. The number of carbonyl (C=O) groups is 2. The van der Waals surface area contributed by atoms with Crippen molar-refractivity contribution in [2.75, 3.05) is 37.6 Å². The topological polar surface area (TPSA) is 65.5 Å². The SMILES string of the molecule is Cc1cccc(C(=O)NCC(=O)N2CCN(c3ccc(C(F)(F)F)cn3)CC2)c1. The number of benzene rings is 1. The van der Waals surface area contributed by atoms with Crippen LogP contribution in [-0.2, 0) is 11.0 Å². The van der Waals surface area contributed by atoms with Crippen molar-refractivity contribution in [3.63, 3.8) is 0 Å². The van der Waals surface area contributed by atoms with Crippen molar-refractivity contribution < 1.29 is 22.8 Å². The van der Waals surface area contributed by atoms with Crippen molar-refractivity contribution >= 4 is 17.6 Å². The molecule has 1 aromatic carbocycles. The molecule has 29 heavy (non-hydrogen) atoms. The predicted molar refractivity (Wildman–Crippen MR) is 102 cm³/mol. The summed E-state index contributed by atoms with van der Waals surface area (Å²) >= 11 is 0. The van der Waals surface area contributed by atoms with Gasteiger partial charge in [-0.05, 0) is 31.2 Å². The number of pyridine rings is 1. The minimum absolute atomic E-state index is 0.106. The van der Waals surface area contributed by atoms with Crippen LogP contribution in [-0.4, -0.2) is 54.4 Å². The van der Waals surface area contributed by atoms with Gasteiger partial charge in [-0.15, -0.1) is 0 Å². The molecular formula is C20H21F3N4O2. The van der Waals surface area contributed by atoms with Crippen LogP contribution in [0.5, 0.6) is 0 Å². The molecule has 0 unspecified atom stereocenters. The zero-order valence-corrected chi connectivity index (χ0v) is 15.9. The van der Waals surface area contributed by atoms with Gasteiger partial charge in [-0.3, -0.25) is 9.59 Å². The van der Waals surface area contributed by atoms with Crippen molar-refractivity contribution in [1.82, 2.24) is 15.2 Å². The summed E-state index contributed by atoms with van der Waals surface area (Å²) in [6, 6.07) is 9.43. The molecule has 1 N–H and O–H groups in total. The molecule has 2 amide bonds. The van der Waals surface area contributed by atoms with Crippen molar-refractivity contribution in [2.24, 2.45) is 0 Å². The van der Waals surface area contributed by atoms with E-state index in [1.165, 1.54) is 6.07 Å². The quantitative estimate of drug-likeness (QED) is 0.848. The Hall–Kier alpha value is -3.10. The highest BCUT2D eigenvalue weighted by molar-refractivity contribution is 5.96. The number of halogens is 3. The van der Waals surface area contributed by atoms with E-state index in [1.807, 2.05) is 17.9 Å². The minimum atomic E-state index is -4.42. The number of alkyl halides is 3. The minimum Gasteiger partial charge on any atom is -0.353 e. The van der Waals surface area contributed by atoms with Crippen LogP contribution in [0.4, 0.5) is 19.0 Å². The molecule has 1 fully saturated rings. The van der Waals surface area contributed by atoms with Gasteiger partial charge < -0.3 is 15.1 Å². The van der Waals surface area contributed by atoms with E-state index in [0.29, 0.717) is 37.6 Å². The summed E-state index contributed by atoms with van der Waals surface area (Å²) < 4.78 is 37.9. The monoisotopic (exact) mass is 406 g/mol. The molecule has 0 aliphatic carbocycles. The van der Waals surface area contributed by atoms with E-state index in [4.69, 9.17) is 0 Å². The van der Waals surface area contributed by atoms with Crippen LogP contribution in [0.1, 0.15) is 21.5 Å². The van der Waals surface area contributed by atoms with E-state index in [1.54, 1.807) is 23.1 Å². The number of amides is 2. The summed E-state index contributed by atoms with van der Waals surface area (Å²) in [7, 11) is 0. The number of anilines is 1. The molecule has 0 spiro atoms. The lowest BCUT2D eigenvalue weighted by Crippen LogP contribution is -2.51. The Morgan fingerprint density at radius 1 is 1.10 bits per heavy atom. The molecule has 3 rings (SSSR count). The summed E-state index contributed by atoms with van der Waals surface area (Å²) in [6.45, 7) is 3.49. The molecule has 1 aromatic heterocycles. The third-order valence-corrected chi connectivity index (χ3v) is 4.71. The number of hydrogen-bond acceptors (Lipinski definition) is 4. The number of nitrogens with one attached hydrogen (secondary N) is 1. The van der Waals surface area contributed by atoms with Crippen molar-refractivity contribution in [1.29, 1.82) is 0 Å². The van der Waals surface area contributed by atoms with E-state index in [-0.39, 0.29) is 18.4 Å². The van der Waals surface area contributed by atoms with Crippen molar-refractivity contribution in [2.45, 2.75) is 13.1 Å². The maximum absolute atomic E-state index is 12.6. The lowest BCUT2D eigenvalue weighted by molar-refractivity contribution is -0.137. The van der Waals surface area contributed by atoms with Gasteiger partial charge in [0.25, 0.3) is 5.91 Å². The molecule has 2 heterocycles. The molecule has 154 valence electrons. The second-order valence-electron chi connectivity index (χ2n) is 6.82. The van der Waals surface area contributed by atoms with Gasteiger partial charge in [0, 0.05) is 37.9 Å². The maximum atomic E-state index is 12.6. The molecule has 1 aliphatic heterocycles. The van der Waals surface area contributed by atoms with Gasteiger partial charge in [-0.1, -0.05) is 17.7 Å². The van der Waals surface area contributed by atoms with E-state index in [2.05, 4.69) is 10.3 Å². The van der Waals surface area contributed by atoms with Crippen molar-refractivity contribution in [3.8, 4) is 0 Å². The fraction of sp³-hybridized carbons (Fsp3) is 0.350. The number of aromatic nitrogens is 1. The van der Waals surface area contributed by atoms with E-state index in [0.717, 1.165) is 17.8 Å². The molecule has 6 nitrogen and oxygen atoms in total. The van der Waals surface area contributed by atoms with E-state index >= 15 is 0 Å². The first-order valence-electron chi connectivity index (χ1n) is 9.15. The van der Waals surface area contributed by atoms with Crippen LogP contribution >= 0.6 is 0 Å². The Bertz CT molecular complexity index is 876. The molecule has 9 heteroatoms. The fourth-order valence-corrected chi connectivity index (χ4v) is 3.08. The average Bonchev–Trinajstić information content (AvgIpc) is 2.71. The van der Waals surface area contributed by atoms with Gasteiger partial charge in [-0.2, -0.15) is 13.2 Å². The molecule has 1 saturated heterocycles. The Morgan fingerprint density at radius 3 is 2.41 bits per heavy atom. The zero-order chi connectivity index (χ0) is 21.0. The summed E-state index contributed by atoms with van der Waals surface area (Å²) in [5, 5.41) is 2.62. The van der Waals surface area contributed by atoms with Crippen molar-refractivity contribution in [3.05, 3.63) is 59.3 Å². The van der Waals surface area contributed by atoms with Gasteiger partial charge in [-0.25, -0.2) is 4.98 Å². The van der Waals surface area contributed by atoms with Gasteiger partial charge in [0.15, 0.2) is 0 Å². The third-order valence-electron chi connectivity index (χ3n) is 4.71. The van der Waals surface area contributed by atoms with Crippen LogP contribution in [0.2, 0.25) is 0 Å². The fourth-order valence-electron chi connectivity index (χ4n) is 3.08. The largest absolute Gasteiger partial charge is 0.417 e. The average molecular weight is 406 g/mol. The summed E-state index contributed by atoms with van der Waals surface area (Å²) in [4.78, 5) is 31.8. The highest BCUT2D eigenvalue weighted by Gasteiger charge is 2.31. The van der Waals surface area contributed by atoms with E-state index < -0.39 is 11.7 Å². The lowest BCUT2D eigenvalue weighted by atomic mass is 10.1. The number of piperazine rings is 1. The summed E-state index contributed by atoms with van der Waals surface area (Å²) in [5.74, 6) is -0.0708. The van der Waals surface area contributed by atoms with Gasteiger partial charge in [0.1, 0.15) is 5.82 Å². The molecule has 1 aliphatic rings. The van der Waals surface area contributed by atoms with Crippen LogP contribution < -0.4 is 10.2 Å². The highest BCUT2D eigenvalue weighted by Crippen LogP contribution is 2.29. The first-order chi connectivity index (χ1) is 13.7. The second kappa shape index (κ2) is 8.50. The Labute approximate surface area is 166 Å². The van der Waals surface area contributed by atoms with Crippen LogP contribution in [0.3, 0.4) is 0 Å². The summed E-state index contributed by atoms with van der Waals surface area (Å²) in [6.07, 6.45) is -3.60. The second-order valence-corrected chi connectivity index (χ2v) is 6.82. The Kier molecular flexibility index (Phi) is 6.05. The Morgan fingerprint density at radius 2 is 1.83 bits per heavy atom. The summed E-state index contributed by atoms with van der Waals surface area (Å²) in [5.41, 5.74) is 0.660. The van der Waals surface area contributed by atoms with Gasteiger partial charge in [0.05, 0.1) is 12.1 Å². The highest BCUT2D eigenvalue weighted by atomic mass is 19.4. The number of nitrogens with zero attached hydrogens (tertiary/aromatic N) is 3. The van der Waals surface area contributed by atoms with E-state index in [9.17, 15) is 22.8 Å². The third kappa shape index (κ3) is 5.24. The number of rotatable bonds is 4. The standard InChI is InChI=1S/C20H21F3N4O2/c1-14-3-2-4-15(11-14)19(29)25-13-18(28)27-9-7-26(8-10-27)17-6-5-16(12-24-17)20(21,22)23/h2-6,11-12H,7-10,13H2,1H3,(H,25,29). The normalized spacial score (nSPS) is 14.6. The molecule has 2 aromatic rings. The van der Waals surface area contributed by atoms with Crippen LogP contribution in [0.15, 0.2) is 42.6 Å². The number of aryl methyl sites for hydroxylation is 1. The first kappa shape index (κ1) is 20.6. The lowest BCUT2D eigenvalue weighted by Gasteiger charge is -2.35. The molecule has 0 bridgehead atoms. The molecule has 0 atom stereocenters. The predicted octanol–water partition coefficient (Wildman–Crippen LogP) is 2.49. The zero-order valence-electron chi connectivity index (χ0n) is 15.9. The first-order valence-corrected chi connectivity index (χ1v) is 9.15. The molecule has 0 saturated carbocycles. The molecular weight excluding hydrogens is 385 g/mol. The van der Waals surface area contributed by atoms with Gasteiger partial charge >= 0.3 is 6.18 Å². The van der Waals surface area contributed by atoms with Crippen LogP contribution in [0.25, 0.3) is 0 Å². The Balaban J connectivity index is 1.48. The number of carbonyl (C=O) groups excluding carboxylic acids is 2. The number of hydrogen-bond donors (Lipinski definition) is 1. The van der Waals surface area contributed by atoms with Gasteiger partial charge in [0.2, 0.25) is 5.91 Å².